The van der Waals surface area contributed by atoms with Crippen LogP contribution in [-0.4, -0.2) is 15.1 Å². The number of phenolic OH excluding ortho intramolecular Hbond substituents is 1. The largest absolute Gasteiger partial charge is 0.506 e. The van der Waals surface area contributed by atoms with Crippen LogP contribution in [0.4, 0.5) is 0 Å². The predicted octanol–water partition coefficient (Wildman–Crippen LogP) is 12.2. The number of benzene rings is 4. The zero-order valence-electron chi connectivity index (χ0n) is 25.7. The molecule has 3 nitrogen and oxygen atoms in total. The Morgan fingerprint density at radius 1 is 0.660 bits per heavy atom. The van der Waals surface area contributed by atoms with Crippen molar-refractivity contribution < 1.29 is 26.2 Å². The minimum absolute atomic E-state index is 0. The van der Waals surface area contributed by atoms with E-state index in [1.165, 1.54) is 35.1 Å². The van der Waals surface area contributed by atoms with Gasteiger partial charge in [-0.3, -0.25) is 9.97 Å². The second kappa shape index (κ2) is 11.3. The Kier molecular flexibility index (Phi) is 7.34. The minimum Gasteiger partial charge on any atom is -0.506 e. The standard InChI is InChI=1S/C40H27N2OS3.Pt/c1-40(2,3)28-20-27(36(43)38-34(28)33-25-14-5-7-17-32(25)45-39(33)46-38)35-37-26(24-13-4-6-16-31(24)44-37)21-30(42-35)23-12-10-11-22(19-23)29-15-8-9-18-41-29;/h4-18,20-21,43H,1-3H3;/q-1;. The maximum Gasteiger partial charge on any atom is 0.142 e. The van der Waals surface area contributed by atoms with Crippen molar-refractivity contribution >= 4 is 83.8 Å². The van der Waals surface area contributed by atoms with E-state index in [0.717, 1.165) is 53.9 Å². The summed E-state index contributed by atoms with van der Waals surface area (Å²) in [5.41, 5.74) is 6.12. The summed E-state index contributed by atoms with van der Waals surface area (Å²) in [5.74, 6) is 0.301. The number of pyridine rings is 2. The van der Waals surface area contributed by atoms with E-state index >= 15 is 0 Å². The average Bonchev–Trinajstić information content (AvgIpc) is 3.75. The maximum absolute atomic E-state index is 12.2. The molecule has 0 bridgehead atoms. The molecule has 5 aromatic heterocycles. The van der Waals surface area contributed by atoms with Crippen LogP contribution < -0.4 is 0 Å². The van der Waals surface area contributed by atoms with Crippen molar-refractivity contribution in [2.45, 2.75) is 26.2 Å². The van der Waals surface area contributed by atoms with E-state index in [2.05, 4.69) is 98.6 Å². The Labute approximate surface area is 298 Å². The fraction of sp³-hybridized carbons (Fsp3) is 0.100. The molecule has 0 aliphatic heterocycles. The Morgan fingerprint density at radius 3 is 2.11 bits per heavy atom. The Morgan fingerprint density at radius 2 is 1.36 bits per heavy atom. The zero-order valence-corrected chi connectivity index (χ0v) is 30.4. The van der Waals surface area contributed by atoms with E-state index < -0.39 is 0 Å². The molecule has 0 atom stereocenters. The first-order valence-corrected chi connectivity index (χ1v) is 17.7. The van der Waals surface area contributed by atoms with Gasteiger partial charge in [0, 0.05) is 69.8 Å². The smallest absolute Gasteiger partial charge is 0.142 e. The van der Waals surface area contributed by atoms with Gasteiger partial charge in [-0.15, -0.1) is 58.3 Å². The van der Waals surface area contributed by atoms with Crippen molar-refractivity contribution in [3.8, 4) is 39.5 Å². The first-order chi connectivity index (χ1) is 22.3. The van der Waals surface area contributed by atoms with Crippen molar-refractivity contribution in [1.29, 1.82) is 0 Å². The minimum atomic E-state index is -0.167. The monoisotopic (exact) mass is 842 g/mol. The molecule has 0 fully saturated rings. The van der Waals surface area contributed by atoms with Gasteiger partial charge in [0.1, 0.15) is 5.75 Å². The van der Waals surface area contributed by atoms with Gasteiger partial charge >= 0.3 is 0 Å². The van der Waals surface area contributed by atoms with Gasteiger partial charge in [-0.1, -0.05) is 86.5 Å². The summed E-state index contributed by atoms with van der Waals surface area (Å²) in [7, 11) is 0. The van der Waals surface area contributed by atoms with E-state index in [-0.39, 0.29) is 26.5 Å². The van der Waals surface area contributed by atoms with Crippen LogP contribution in [0, 0.1) is 6.07 Å². The van der Waals surface area contributed by atoms with Crippen LogP contribution in [0.1, 0.15) is 26.3 Å². The molecule has 0 spiro atoms. The molecular formula is C40H27N2OPtS3-. The number of rotatable bonds is 3. The number of phenols is 1. The van der Waals surface area contributed by atoms with Crippen LogP contribution in [0.2, 0.25) is 0 Å². The van der Waals surface area contributed by atoms with Crippen LogP contribution >= 0.6 is 34.0 Å². The van der Waals surface area contributed by atoms with Crippen LogP contribution in [0.15, 0.2) is 103 Å². The Balaban J connectivity index is 0.00000324. The summed E-state index contributed by atoms with van der Waals surface area (Å²) in [6.07, 6.45) is 1.80. The molecule has 0 aliphatic rings. The normalized spacial score (nSPS) is 12.1. The second-order valence-electron chi connectivity index (χ2n) is 12.7. The van der Waals surface area contributed by atoms with E-state index in [0.29, 0.717) is 5.75 Å². The summed E-state index contributed by atoms with van der Waals surface area (Å²) in [4.78, 5) is 9.92. The molecule has 7 heteroatoms. The first-order valence-electron chi connectivity index (χ1n) is 15.2. The summed E-state index contributed by atoms with van der Waals surface area (Å²) in [6.45, 7) is 6.78. The third-order valence-corrected chi connectivity index (χ3v) is 12.4. The van der Waals surface area contributed by atoms with Crippen LogP contribution in [0.25, 0.3) is 83.5 Å². The summed E-state index contributed by atoms with van der Waals surface area (Å²) >= 11 is 5.24. The van der Waals surface area contributed by atoms with Gasteiger partial charge in [-0.25, -0.2) is 0 Å². The molecule has 0 saturated heterocycles. The van der Waals surface area contributed by atoms with Crippen molar-refractivity contribution in [3.05, 3.63) is 115 Å². The number of thiophene rings is 3. The summed E-state index contributed by atoms with van der Waals surface area (Å²) in [6, 6.07) is 37.1. The van der Waals surface area contributed by atoms with Gasteiger partial charge in [0.15, 0.2) is 0 Å². The molecule has 1 N–H and O–H groups in total. The summed E-state index contributed by atoms with van der Waals surface area (Å²) in [5, 5.41) is 18.2. The van der Waals surface area contributed by atoms with E-state index in [1.807, 2.05) is 30.3 Å². The molecule has 9 aromatic rings. The van der Waals surface area contributed by atoms with Crippen molar-refractivity contribution in [1.82, 2.24) is 9.97 Å². The van der Waals surface area contributed by atoms with Crippen molar-refractivity contribution in [2.24, 2.45) is 0 Å². The van der Waals surface area contributed by atoms with Gasteiger partial charge in [-0.2, -0.15) is 0 Å². The number of aromatic hydroxyl groups is 1. The van der Waals surface area contributed by atoms with Crippen LogP contribution in [0.3, 0.4) is 0 Å². The first kappa shape index (κ1) is 30.4. The van der Waals surface area contributed by atoms with E-state index in [4.69, 9.17) is 4.98 Å². The average molecular weight is 843 g/mol. The van der Waals surface area contributed by atoms with Gasteiger partial charge in [0.05, 0.1) is 19.1 Å². The van der Waals surface area contributed by atoms with Gasteiger partial charge < -0.3 is 5.11 Å². The molecule has 9 rings (SSSR count). The topological polar surface area (TPSA) is 46.0 Å². The quantitative estimate of drug-likeness (QED) is 0.180. The molecule has 5 heterocycles. The third-order valence-electron chi connectivity index (χ3n) is 8.70. The van der Waals surface area contributed by atoms with Gasteiger partial charge in [-0.05, 0) is 46.0 Å². The molecular weight excluding hydrogens is 816 g/mol. The molecule has 0 amide bonds. The predicted molar refractivity (Wildman–Crippen MR) is 199 cm³/mol. The number of aromatic nitrogens is 2. The van der Waals surface area contributed by atoms with Crippen LogP contribution in [0.5, 0.6) is 5.75 Å². The van der Waals surface area contributed by atoms with E-state index in [9.17, 15) is 5.11 Å². The van der Waals surface area contributed by atoms with Crippen molar-refractivity contribution in [3.63, 3.8) is 0 Å². The number of hydrogen-bond acceptors (Lipinski definition) is 6. The third kappa shape index (κ3) is 4.84. The Hall–Kier alpha value is -3.93. The number of hydrogen-bond donors (Lipinski definition) is 1. The molecule has 0 unspecified atom stereocenters. The van der Waals surface area contributed by atoms with E-state index in [1.54, 1.807) is 40.2 Å². The van der Waals surface area contributed by atoms with Crippen molar-refractivity contribution in [2.75, 3.05) is 0 Å². The summed E-state index contributed by atoms with van der Waals surface area (Å²) < 4.78 is 5.72. The number of nitrogens with zero attached hydrogens (tertiary/aromatic N) is 2. The number of fused-ring (bicyclic) bond motifs is 8. The fourth-order valence-corrected chi connectivity index (χ4v) is 10.4. The zero-order chi connectivity index (χ0) is 31.2. The van der Waals surface area contributed by atoms with Gasteiger partial charge in [0.2, 0.25) is 0 Å². The molecule has 0 saturated carbocycles. The SMILES string of the molecule is CC(C)(C)c1cc(-c2nc(-c3[c-]c(-c4ccccn4)ccc3)cc3c2sc2ccccc23)c(O)c2sc3sc4ccccc4c3c12.[Pt]. The maximum atomic E-state index is 12.2. The van der Waals surface area contributed by atoms with Crippen LogP contribution in [-0.2, 0) is 26.5 Å². The molecule has 0 radical (unpaired) electrons. The molecule has 4 aromatic carbocycles. The molecule has 0 aliphatic carbocycles. The van der Waals surface area contributed by atoms with Gasteiger partial charge in [0.25, 0.3) is 0 Å². The Bertz CT molecular complexity index is 2650. The molecule has 232 valence electrons. The fourth-order valence-electron chi connectivity index (χ4n) is 6.53. The second-order valence-corrected chi connectivity index (χ2v) is 16.0. The molecule has 47 heavy (non-hydrogen) atoms.